The highest BCUT2D eigenvalue weighted by Crippen LogP contribution is 2.02. The van der Waals surface area contributed by atoms with Crippen LogP contribution in [-0.2, 0) is 0 Å². The van der Waals surface area contributed by atoms with Crippen molar-refractivity contribution >= 4 is 0 Å². The van der Waals surface area contributed by atoms with Gasteiger partial charge in [-0.2, -0.15) is 5.43 Å². The number of hydrogen-bond donors (Lipinski definition) is 4. The van der Waals surface area contributed by atoms with Gasteiger partial charge in [0.05, 0.1) is 0 Å². The first-order valence-electron chi connectivity index (χ1n) is 2.52. The maximum absolute atomic E-state index is 8.76. The van der Waals surface area contributed by atoms with Gasteiger partial charge in [-0.1, -0.05) is 5.11 Å². The van der Waals surface area contributed by atoms with E-state index in [0.717, 1.165) is 5.23 Å². The molecule has 1 rings (SSSR count). The van der Waals surface area contributed by atoms with Gasteiger partial charge in [0.25, 0.3) is 11.8 Å². The molecule has 56 valence electrons. The summed E-state index contributed by atoms with van der Waals surface area (Å²) in [6.07, 6.45) is 0. The molecule has 0 aromatic carbocycles. The van der Waals surface area contributed by atoms with Crippen LogP contribution in [0.5, 0.6) is 0 Å². The van der Waals surface area contributed by atoms with Crippen LogP contribution in [0.3, 0.4) is 0 Å². The summed E-state index contributed by atoms with van der Waals surface area (Å²) in [7, 11) is 1.57. The molecule has 4 N–H and O–H groups in total. The Labute approximate surface area is 56.6 Å². The molecule has 0 atom stereocenters. The summed E-state index contributed by atoms with van der Waals surface area (Å²) in [5.74, 6) is -0.976. The summed E-state index contributed by atoms with van der Waals surface area (Å²) in [4.78, 5) is 0. The van der Waals surface area contributed by atoms with E-state index < -0.39 is 11.8 Å². The minimum Gasteiger partial charge on any atom is -0.490 e. The van der Waals surface area contributed by atoms with Crippen molar-refractivity contribution in [3.63, 3.8) is 0 Å². The first-order valence-corrected chi connectivity index (χ1v) is 2.52. The second kappa shape index (κ2) is 2.40. The summed E-state index contributed by atoms with van der Waals surface area (Å²) in [5.41, 5.74) is 4.77. The van der Waals surface area contributed by atoms with Crippen LogP contribution < -0.4 is 10.9 Å². The molecular formula is C3H7N5O2. The average Bonchev–Trinajstić information content (AvgIpc) is 1.95. The maximum atomic E-state index is 8.76. The lowest BCUT2D eigenvalue weighted by atomic mass is 10.8. The third-order valence-electron chi connectivity index (χ3n) is 0.864. The van der Waals surface area contributed by atoms with E-state index in [1.54, 1.807) is 7.05 Å². The number of rotatable bonds is 1. The van der Waals surface area contributed by atoms with Crippen molar-refractivity contribution in [2.45, 2.75) is 0 Å². The van der Waals surface area contributed by atoms with E-state index in [2.05, 4.69) is 21.2 Å². The summed E-state index contributed by atoms with van der Waals surface area (Å²) in [6.45, 7) is 0. The van der Waals surface area contributed by atoms with Gasteiger partial charge in [-0.15, -0.1) is 5.23 Å². The van der Waals surface area contributed by atoms with Gasteiger partial charge in [0.1, 0.15) is 0 Å². The number of hydrogen-bond acceptors (Lipinski definition) is 7. The number of nitrogens with one attached hydrogen (secondary N) is 2. The third kappa shape index (κ3) is 1.08. The van der Waals surface area contributed by atoms with Crippen LogP contribution in [0.1, 0.15) is 0 Å². The third-order valence-corrected chi connectivity index (χ3v) is 0.864. The first kappa shape index (κ1) is 6.62. The van der Waals surface area contributed by atoms with Crippen LogP contribution in [0.2, 0.25) is 0 Å². The summed E-state index contributed by atoms with van der Waals surface area (Å²) >= 11 is 0. The molecule has 0 saturated heterocycles. The lowest BCUT2D eigenvalue weighted by molar-refractivity contribution is 0.0794. The van der Waals surface area contributed by atoms with E-state index in [1.165, 1.54) is 0 Å². The molecule has 0 bridgehead atoms. The summed E-state index contributed by atoms with van der Waals surface area (Å²) < 4.78 is 0. The number of hydrazine groups is 2. The fraction of sp³-hybridized carbons (Fsp3) is 0.333. The molecule has 10 heavy (non-hydrogen) atoms. The lowest BCUT2D eigenvalue weighted by Gasteiger charge is -2.19. The summed E-state index contributed by atoms with van der Waals surface area (Å²) in [6, 6.07) is 0. The summed E-state index contributed by atoms with van der Waals surface area (Å²) in [5, 5.41) is 25.0. The molecule has 7 nitrogen and oxygen atoms in total. The first-order chi connectivity index (χ1) is 4.74. The second-order valence-electron chi connectivity index (χ2n) is 1.51. The Kier molecular flexibility index (Phi) is 1.59. The van der Waals surface area contributed by atoms with Crippen molar-refractivity contribution in [3.05, 3.63) is 11.8 Å². The van der Waals surface area contributed by atoms with Crippen molar-refractivity contribution in [2.24, 2.45) is 10.3 Å². The van der Waals surface area contributed by atoms with Gasteiger partial charge in [-0.3, -0.25) is 0 Å². The lowest BCUT2D eigenvalue weighted by Crippen LogP contribution is -2.43. The molecule has 0 aromatic heterocycles. The largest absolute Gasteiger partial charge is 0.490 e. The Morgan fingerprint density at radius 2 is 2.30 bits per heavy atom. The zero-order valence-corrected chi connectivity index (χ0v) is 5.24. The van der Waals surface area contributed by atoms with Gasteiger partial charge >= 0.3 is 0 Å². The van der Waals surface area contributed by atoms with E-state index in [9.17, 15) is 0 Å². The Balaban J connectivity index is 2.65. The molecule has 0 saturated carbocycles. The zero-order valence-electron chi connectivity index (χ0n) is 5.24. The number of aliphatic hydroxyl groups excluding tert-OH is 2. The normalized spacial score (nSPS) is 17.5. The smallest absolute Gasteiger partial charge is 0.295 e. The van der Waals surface area contributed by atoms with Crippen LogP contribution in [0.25, 0.3) is 0 Å². The van der Waals surface area contributed by atoms with E-state index in [4.69, 9.17) is 10.2 Å². The van der Waals surface area contributed by atoms with Crippen LogP contribution in [0.15, 0.2) is 22.1 Å². The maximum Gasteiger partial charge on any atom is 0.295 e. The Morgan fingerprint density at radius 1 is 1.60 bits per heavy atom. The van der Waals surface area contributed by atoms with Crippen molar-refractivity contribution < 1.29 is 10.2 Å². The van der Waals surface area contributed by atoms with E-state index in [0.29, 0.717) is 0 Å². The highest BCUT2D eigenvalue weighted by Gasteiger charge is 2.11. The number of aliphatic hydroxyl groups is 2. The van der Waals surface area contributed by atoms with E-state index in [-0.39, 0.29) is 0 Å². The quantitative estimate of drug-likeness (QED) is 0.401. The van der Waals surface area contributed by atoms with Gasteiger partial charge in [-0.05, 0) is 5.22 Å². The van der Waals surface area contributed by atoms with Crippen LogP contribution >= 0.6 is 0 Å². The molecular weight excluding hydrogens is 138 g/mol. The van der Waals surface area contributed by atoms with Gasteiger partial charge in [-0.25, -0.2) is 5.43 Å². The molecule has 0 aliphatic carbocycles. The molecule has 0 unspecified atom stereocenters. The van der Waals surface area contributed by atoms with E-state index >= 15 is 0 Å². The Hall–Kier alpha value is -1.50. The van der Waals surface area contributed by atoms with Gasteiger partial charge < -0.3 is 10.2 Å². The molecule has 0 aromatic rings. The fourth-order valence-corrected chi connectivity index (χ4v) is 0.408. The van der Waals surface area contributed by atoms with Crippen molar-refractivity contribution in [1.29, 1.82) is 0 Å². The molecule has 7 heteroatoms. The van der Waals surface area contributed by atoms with Crippen LogP contribution in [0, 0.1) is 0 Å². The average molecular weight is 145 g/mol. The van der Waals surface area contributed by atoms with Crippen molar-refractivity contribution in [1.82, 2.24) is 16.1 Å². The fourth-order valence-electron chi connectivity index (χ4n) is 0.408. The molecule has 0 radical (unpaired) electrons. The van der Waals surface area contributed by atoms with Crippen LogP contribution in [-0.4, -0.2) is 22.5 Å². The molecule has 1 aliphatic heterocycles. The van der Waals surface area contributed by atoms with Gasteiger partial charge in [0.15, 0.2) is 0 Å². The predicted octanol–water partition coefficient (Wildman–Crippen LogP) is -0.449. The molecule has 1 heterocycles. The Morgan fingerprint density at radius 3 is 2.80 bits per heavy atom. The molecule has 1 aliphatic rings. The van der Waals surface area contributed by atoms with Crippen LogP contribution in [0.4, 0.5) is 0 Å². The standard InChI is InChI=1S/C3H7N5O2/c1-4-8-6-3(10)2(9)5-7-8/h4,6,9-10H,1H3. The molecule has 0 fully saturated rings. The Bertz CT molecular complexity index is 187. The highest BCUT2D eigenvalue weighted by molar-refractivity contribution is 4.93. The predicted molar refractivity (Wildman–Crippen MR) is 31.2 cm³/mol. The topological polar surface area (TPSA) is 92.5 Å². The molecule has 0 spiro atoms. The van der Waals surface area contributed by atoms with Gasteiger partial charge in [0, 0.05) is 7.05 Å². The van der Waals surface area contributed by atoms with E-state index in [1.807, 2.05) is 0 Å². The highest BCUT2D eigenvalue weighted by atomic mass is 16.3. The second-order valence-corrected chi connectivity index (χ2v) is 1.51. The monoisotopic (exact) mass is 145 g/mol. The zero-order chi connectivity index (χ0) is 7.56. The van der Waals surface area contributed by atoms with Gasteiger partial charge in [0.2, 0.25) is 0 Å². The van der Waals surface area contributed by atoms with Crippen molar-refractivity contribution in [2.75, 3.05) is 7.05 Å². The SMILES string of the molecule is CNN1N=NC(O)=C(O)N1. The minimum atomic E-state index is -0.536. The minimum absolute atomic E-state index is 0.440. The molecule has 0 amide bonds. The van der Waals surface area contributed by atoms with Crippen molar-refractivity contribution in [3.8, 4) is 0 Å². The number of nitrogens with zero attached hydrogens (tertiary/aromatic N) is 3.